The van der Waals surface area contributed by atoms with Crippen LogP contribution in [0.5, 0.6) is 0 Å². The standard InChI is InChI=1S/C3H5ClSi/c1-2-3-5-4/h5H2,1H3. The highest BCUT2D eigenvalue weighted by Gasteiger charge is 1.54. The molecule has 2 heteroatoms. The van der Waals surface area contributed by atoms with E-state index in [0.29, 0.717) is 0 Å². The maximum atomic E-state index is 5.27. The molecule has 0 amide bonds. The van der Waals surface area contributed by atoms with E-state index in [1.165, 1.54) is 0 Å². The van der Waals surface area contributed by atoms with Crippen LogP contribution in [-0.4, -0.2) is 8.83 Å². The molecule has 0 spiro atoms. The second-order valence-corrected chi connectivity index (χ2v) is 1.98. The molecule has 0 aromatic carbocycles. The summed E-state index contributed by atoms with van der Waals surface area (Å²) in [5.74, 6) is 2.70. The van der Waals surface area contributed by atoms with Crippen LogP contribution in [0.25, 0.3) is 0 Å². The second kappa shape index (κ2) is 4.07. The Labute approximate surface area is 39.1 Å². The molecule has 0 rings (SSSR count). The van der Waals surface area contributed by atoms with Crippen LogP contribution in [0, 0.1) is 11.5 Å². The first-order valence-electron chi connectivity index (χ1n) is 1.37. The Balaban J connectivity index is 2.81. The molecule has 0 aromatic rings. The van der Waals surface area contributed by atoms with E-state index in [-0.39, 0.29) is 0 Å². The van der Waals surface area contributed by atoms with Crippen LogP contribution in [0.1, 0.15) is 6.92 Å². The predicted molar refractivity (Wildman–Crippen MR) is 27.8 cm³/mol. The van der Waals surface area contributed by atoms with E-state index in [1.807, 2.05) is 0 Å². The smallest absolute Gasteiger partial charge is 0.159 e. The van der Waals surface area contributed by atoms with Gasteiger partial charge in [-0.15, -0.1) is 11.5 Å². The van der Waals surface area contributed by atoms with Gasteiger partial charge in [0.15, 0.2) is 0 Å². The third-order valence-corrected chi connectivity index (χ3v) is 1.13. The molecule has 0 aliphatic carbocycles. The fraction of sp³-hybridized carbons (Fsp3) is 0.333. The van der Waals surface area contributed by atoms with E-state index in [1.54, 1.807) is 6.92 Å². The van der Waals surface area contributed by atoms with Crippen molar-refractivity contribution in [1.29, 1.82) is 0 Å². The summed E-state index contributed by atoms with van der Waals surface area (Å²) in [6.45, 7) is 1.80. The molecule has 0 aromatic heterocycles. The number of halogens is 1. The molecule has 5 heavy (non-hydrogen) atoms. The highest BCUT2D eigenvalue weighted by atomic mass is 35.6. The highest BCUT2D eigenvalue weighted by Crippen LogP contribution is 1.58. The first-order chi connectivity index (χ1) is 2.41. The highest BCUT2D eigenvalue weighted by molar-refractivity contribution is 6.98. The Morgan fingerprint density at radius 3 is 2.40 bits per heavy atom. The van der Waals surface area contributed by atoms with Crippen molar-refractivity contribution in [1.82, 2.24) is 0 Å². The maximum Gasteiger partial charge on any atom is 0.205 e. The van der Waals surface area contributed by atoms with Gasteiger partial charge in [-0.25, -0.2) is 0 Å². The molecule has 28 valence electrons. The quantitative estimate of drug-likeness (QED) is 0.236. The average molecular weight is 105 g/mol. The van der Waals surface area contributed by atoms with Gasteiger partial charge in [0, 0.05) is 0 Å². The summed E-state index contributed by atoms with van der Waals surface area (Å²) in [6.07, 6.45) is 0. The van der Waals surface area contributed by atoms with Crippen molar-refractivity contribution in [2.45, 2.75) is 6.92 Å². The van der Waals surface area contributed by atoms with Crippen molar-refractivity contribution in [2.24, 2.45) is 0 Å². The summed E-state index contributed by atoms with van der Waals surface area (Å²) >= 11 is 5.27. The van der Waals surface area contributed by atoms with Gasteiger partial charge >= 0.3 is 0 Å². The van der Waals surface area contributed by atoms with Crippen molar-refractivity contribution < 1.29 is 0 Å². The van der Waals surface area contributed by atoms with Gasteiger partial charge in [0.05, 0.1) is 0 Å². The Kier molecular flexibility index (Phi) is 4.12. The summed E-state index contributed by atoms with van der Waals surface area (Å²) < 4.78 is 0. The lowest BCUT2D eigenvalue weighted by Gasteiger charge is -1.54. The van der Waals surface area contributed by atoms with Crippen LogP contribution in [-0.2, 0) is 0 Å². The normalized spacial score (nSPS) is 7.60. The molecule has 0 heterocycles. The molecule has 0 saturated heterocycles. The number of hydrogen-bond donors (Lipinski definition) is 0. The van der Waals surface area contributed by atoms with E-state index in [4.69, 9.17) is 11.1 Å². The van der Waals surface area contributed by atoms with Gasteiger partial charge in [-0.2, -0.15) is 11.1 Å². The van der Waals surface area contributed by atoms with Crippen LogP contribution >= 0.6 is 11.1 Å². The summed E-state index contributed by atoms with van der Waals surface area (Å²) in [5.41, 5.74) is 2.77. The minimum absolute atomic E-state index is 0.475. The number of rotatable bonds is 0. The van der Waals surface area contributed by atoms with Crippen molar-refractivity contribution in [3.8, 4) is 11.5 Å². The number of hydrogen-bond acceptors (Lipinski definition) is 0. The van der Waals surface area contributed by atoms with Crippen molar-refractivity contribution in [3.05, 3.63) is 0 Å². The van der Waals surface area contributed by atoms with Gasteiger partial charge in [-0.3, -0.25) is 0 Å². The van der Waals surface area contributed by atoms with Crippen LogP contribution in [0.3, 0.4) is 0 Å². The van der Waals surface area contributed by atoms with Gasteiger partial charge in [0.1, 0.15) is 0 Å². The van der Waals surface area contributed by atoms with Crippen molar-refractivity contribution in [2.75, 3.05) is 0 Å². The Morgan fingerprint density at radius 1 is 1.80 bits per heavy atom. The van der Waals surface area contributed by atoms with Crippen LogP contribution in [0.2, 0.25) is 0 Å². The van der Waals surface area contributed by atoms with E-state index in [0.717, 1.165) is 0 Å². The summed E-state index contributed by atoms with van der Waals surface area (Å²) in [4.78, 5) is 0. The fourth-order valence-electron chi connectivity index (χ4n) is 0.0668. The van der Waals surface area contributed by atoms with E-state index in [2.05, 4.69) is 11.5 Å². The fourth-order valence-corrected chi connectivity index (χ4v) is 0.601. The van der Waals surface area contributed by atoms with Gasteiger partial charge in [0.25, 0.3) is 0 Å². The van der Waals surface area contributed by atoms with Crippen LogP contribution in [0.4, 0.5) is 0 Å². The largest absolute Gasteiger partial charge is 0.205 e. The molecule has 0 saturated carbocycles. The lowest BCUT2D eigenvalue weighted by atomic mass is 10.8. The topological polar surface area (TPSA) is 0 Å². The van der Waals surface area contributed by atoms with Gasteiger partial charge in [0.2, 0.25) is 8.83 Å². The monoisotopic (exact) mass is 104 g/mol. The Hall–Kier alpha value is 0.0669. The molecule has 0 bridgehead atoms. The predicted octanol–water partition coefficient (Wildman–Crippen LogP) is 0.290. The lowest BCUT2D eigenvalue weighted by molar-refractivity contribution is 1.93. The molecular weight excluding hydrogens is 99.6 g/mol. The molecule has 0 fully saturated rings. The first kappa shape index (κ1) is 5.07. The van der Waals surface area contributed by atoms with E-state index in [9.17, 15) is 0 Å². The van der Waals surface area contributed by atoms with Gasteiger partial charge in [-0.1, -0.05) is 0 Å². The Morgan fingerprint density at radius 2 is 2.40 bits per heavy atom. The summed E-state index contributed by atoms with van der Waals surface area (Å²) in [7, 11) is -0.475. The van der Waals surface area contributed by atoms with E-state index < -0.39 is 8.83 Å². The minimum atomic E-state index is -0.475. The zero-order valence-electron chi connectivity index (χ0n) is 3.09. The third kappa shape index (κ3) is 4.07. The van der Waals surface area contributed by atoms with Crippen molar-refractivity contribution in [3.63, 3.8) is 0 Å². The van der Waals surface area contributed by atoms with E-state index >= 15 is 0 Å². The van der Waals surface area contributed by atoms with Gasteiger partial charge in [-0.05, 0) is 6.92 Å². The Bertz CT molecular complexity index is 59.0. The zero-order valence-corrected chi connectivity index (χ0v) is 5.26. The first-order valence-corrected chi connectivity index (χ1v) is 4.22. The molecule has 0 N–H and O–H groups in total. The second-order valence-electron chi connectivity index (χ2n) is 0.560. The molecule has 0 unspecified atom stereocenters. The summed E-state index contributed by atoms with van der Waals surface area (Å²) in [5, 5.41) is 0. The zero-order chi connectivity index (χ0) is 4.12. The molecular formula is C3H5ClSi. The lowest BCUT2D eigenvalue weighted by Crippen LogP contribution is -1.60. The average Bonchev–Trinajstić information content (AvgIpc) is 1.41. The summed E-state index contributed by atoms with van der Waals surface area (Å²) in [6, 6.07) is 0. The molecule has 0 nitrogen and oxygen atoms in total. The third-order valence-electron chi connectivity index (χ3n) is 0.244. The minimum Gasteiger partial charge on any atom is -0.159 e. The molecule has 0 atom stereocenters. The van der Waals surface area contributed by atoms with Crippen LogP contribution < -0.4 is 0 Å². The SMILES string of the molecule is CC#C[SiH2]Cl. The van der Waals surface area contributed by atoms with Gasteiger partial charge < -0.3 is 0 Å². The molecule has 0 aliphatic rings. The molecule has 0 aliphatic heterocycles. The van der Waals surface area contributed by atoms with Crippen molar-refractivity contribution >= 4 is 19.9 Å². The molecule has 0 radical (unpaired) electrons. The maximum absolute atomic E-state index is 5.27. The van der Waals surface area contributed by atoms with Crippen LogP contribution in [0.15, 0.2) is 0 Å².